The van der Waals surface area contributed by atoms with Crippen molar-refractivity contribution in [2.45, 2.75) is 5.75 Å². The van der Waals surface area contributed by atoms with E-state index in [1.165, 1.54) is 10.9 Å². The molecule has 1 heterocycles. The summed E-state index contributed by atoms with van der Waals surface area (Å²) in [7, 11) is 2.04. The van der Waals surface area contributed by atoms with Gasteiger partial charge in [0.15, 0.2) is 0 Å². The van der Waals surface area contributed by atoms with Gasteiger partial charge in [0.1, 0.15) is 0 Å². The van der Waals surface area contributed by atoms with Crippen molar-refractivity contribution in [3.8, 4) is 0 Å². The molecule has 0 fully saturated rings. The van der Waals surface area contributed by atoms with Crippen molar-refractivity contribution in [2.75, 3.05) is 6.26 Å². The number of aryl methyl sites for hydroxylation is 1. The van der Waals surface area contributed by atoms with E-state index in [4.69, 9.17) is 11.6 Å². The van der Waals surface area contributed by atoms with Crippen LogP contribution in [0.1, 0.15) is 5.56 Å². The number of thioether (sulfide) groups is 1. The monoisotopic (exact) mass is 225 g/mol. The maximum atomic E-state index is 6.15. The van der Waals surface area contributed by atoms with Crippen molar-refractivity contribution in [3.05, 3.63) is 35.0 Å². The first-order valence-corrected chi connectivity index (χ1v) is 6.22. The zero-order valence-electron chi connectivity index (χ0n) is 8.25. The summed E-state index contributed by atoms with van der Waals surface area (Å²) in [4.78, 5) is 0. The topological polar surface area (TPSA) is 4.93 Å². The highest BCUT2D eigenvalue weighted by Gasteiger charge is 2.07. The van der Waals surface area contributed by atoms with Crippen LogP contribution in [0.25, 0.3) is 10.9 Å². The molecule has 14 heavy (non-hydrogen) atoms. The van der Waals surface area contributed by atoms with Gasteiger partial charge in [-0.1, -0.05) is 23.7 Å². The van der Waals surface area contributed by atoms with Gasteiger partial charge in [0.25, 0.3) is 0 Å². The molecule has 0 unspecified atom stereocenters. The fourth-order valence-electron chi connectivity index (χ4n) is 1.77. The van der Waals surface area contributed by atoms with Crippen LogP contribution in [0.4, 0.5) is 0 Å². The number of hydrogen-bond acceptors (Lipinski definition) is 1. The molecule has 0 aliphatic rings. The van der Waals surface area contributed by atoms with Crippen LogP contribution < -0.4 is 0 Å². The Labute approximate surface area is 93.1 Å². The van der Waals surface area contributed by atoms with E-state index in [2.05, 4.69) is 23.1 Å². The first-order valence-electron chi connectivity index (χ1n) is 4.45. The Morgan fingerprint density at radius 1 is 1.43 bits per heavy atom. The fraction of sp³-hybridized carbons (Fsp3) is 0.273. The molecule has 0 amide bonds. The highest BCUT2D eigenvalue weighted by molar-refractivity contribution is 7.97. The molecule has 2 aromatic rings. The number of benzene rings is 1. The van der Waals surface area contributed by atoms with E-state index in [0.29, 0.717) is 0 Å². The van der Waals surface area contributed by atoms with E-state index < -0.39 is 0 Å². The van der Waals surface area contributed by atoms with Crippen LogP contribution >= 0.6 is 23.4 Å². The van der Waals surface area contributed by atoms with Crippen molar-refractivity contribution < 1.29 is 0 Å². The summed E-state index contributed by atoms with van der Waals surface area (Å²) >= 11 is 7.98. The molecule has 0 spiro atoms. The van der Waals surface area contributed by atoms with E-state index >= 15 is 0 Å². The third-order valence-electron chi connectivity index (χ3n) is 2.33. The lowest BCUT2D eigenvalue weighted by atomic mass is 10.2. The summed E-state index contributed by atoms with van der Waals surface area (Å²) in [5.41, 5.74) is 2.50. The first-order chi connectivity index (χ1) is 6.74. The van der Waals surface area contributed by atoms with E-state index in [1.54, 1.807) is 0 Å². The van der Waals surface area contributed by atoms with Crippen LogP contribution in [-0.4, -0.2) is 10.8 Å². The van der Waals surface area contributed by atoms with Crippen molar-refractivity contribution in [1.29, 1.82) is 0 Å². The Morgan fingerprint density at radius 3 is 2.93 bits per heavy atom. The summed E-state index contributed by atoms with van der Waals surface area (Å²) in [5, 5.41) is 2.10. The van der Waals surface area contributed by atoms with Gasteiger partial charge in [-0.05, 0) is 17.9 Å². The third-order valence-corrected chi connectivity index (χ3v) is 3.24. The van der Waals surface area contributed by atoms with Gasteiger partial charge >= 0.3 is 0 Å². The van der Waals surface area contributed by atoms with E-state index in [0.717, 1.165) is 16.3 Å². The minimum atomic E-state index is 0.831. The van der Waals surface area contributed by atoms with Crippen molar-refractivity contribution >= 4 is 34.3 Å². The van der Waals surface area contributed by atoms with Crippen LogP contribution in [0.2, 0.25) is 5.02 Å². The van der Waals surface area contributed by atoms with E-state index in [9.17, 15) is 0 Å². The molecule has 0 aliphatic heterocycles. The average molecular weight is 226 g/mol. The van der Waals surface area contributed by atoms with Crippen LogP contribution in [0.15, 0.2) is 24.4 Å². The minimum absolute atomic E-state index is 0.831. The molecular formula is C11H12ClNS. The van der Waals surface area contributed by atoms with Crippen LogP contribution in [-0.2, 0) is 12.8 Å². The first kappa shape index (κ1) is 9.94. The Bertz CT molecular complexity index is 462. The Morgan fingerprint density at radius 2 is 2.21 bits per heavy atom. The fourth-order valence-corrected chi connectivity index (χ4v) is 2.62. The number of para-hydroxylation sites is 1. The van der Waals surface area contributed by atoms with Gasteiger partial charge in [-0.15, -0.1) is 0 Å². The lowest BCUT2D eigenvalue weighted by molar-refractivity contribution is 0.963. The van der Waals surface area contributed by atoms with Gasteiger partial charge in [0, 0.05) is 24.4 Å². The third kappa shape index (κ3) is 1.53. The summed E-state index contributed by atoms with van der Waals surface area (Å²) < 4.78 is 2.10. The summed E-state index contributed by atoms with van der Waals surface area (Å²) in [6.45, 7) is 0. The Kier molecular flexibility index (Phi) is 2.75. The summed E-state index contributed by atoms with van der Waals surface area (Å²) in [6, 6.07) is 6.08. The second kappa shape index (κ2) is 3.87. The molecule has 0 atom stereocenters. The highest BCUT2D eigenvalue weighted by Crippen LogP contribution is 2.28. The Hall–Kier alpha value is -0.600. The zero-order chi connectivity index (χ0) is 10.1. The number of fused-ring (bicyclic) bond motifs is 1. The number of aromatic nitrogens is 1. The molecule has 2 rings (SSSR count). The minimum Gasteiger partial charge on any atom is -0.349 e. The molecule has 0 saturated heterocycles. The second-order valence-electron chi connectivity index (χ2n) is 3.33. The van der Waals surface area contributed by atoms with Gasteiger partial charge in [0.05, 0.1) is 10.5 Å². The molecule has 0 N–H and O–H groups in total. The standard InChI is InChI=1S/C11H12ClNS/c1-13-6-8(7-14-2)9-4-3-5-10(12)11(9)13/h3-6H,7H2,1-2H3. The highest BCUT2D eigenvalue weighted by atomic mass is 35.5. The van der Waals surface area contributed by atoms with E-state index in [1.807, 2.05) is 30.9 Å². The SMILES string of the molecule is CSCc1cn(C)c2c(Cl)cccc12. The zero-order valence-corrected chi connectivity index (χ0v) is 9.82. The van der Waals surface area contributed by atoms with Gasteiger partial charge in [-0.2, -0.15) is 11.8 Å². The maximum absolute atomic E-state index is 6.15. The number of rotatable bonds is 2. The predicted octanol–water partition coefficient (Wildman–Crippen LogP) is 3.69. The molecule has 74 valence electrons. The second-order valence-corrected chi connectivity index (χ2v) is 4.61. The van der Waals surface area contributed by atoms with Gasteiger partial charge < -0.3 is 4.57 Å². The van der Waals surface area contributed by atoms with Crippen LogP contribution in [0.3, 0.4) is 0 Å². The summed E-state index contributed by atoms with van der Waals surface area (Å²) in [6.07, 6.45) is 4.27. The van der Waals surface area contributed by atoms with Crippen molar-refractivity contribution in [3.63, 3.8) is 0 Å². The number of halogens is 1. The number of nitrogens with zero attached hydrogens (tertiary/aromatic N) is 1. The van der Waals surface area contributed by atoms with Gasteiger partial charge in [0.2, 0.25) is 0 Å². The molecule has 1 aromatic carbocycles. The van der Waals surface area contributed by atoms with Gasteiger partial charge in [-0.25, -0.2) is 0 Å². The number of hydrogen-bond donors (Lipinski definition) is 0. The lowest BCUT2D eigenvalue weighted by Gasteiger charge is -1.98. The molecule has 1 aromatic heterocycles. The normalized spacial score (nSPS) is 11.1. The molecule has 0 aliphatic carbocycles. The van der Waals surface area contributed by atoms with Gasteiger partial charge in [-0.3, -0.25) is 0 Å². The molecular weight excluding hydrogens is 214 g/mol. The Balaban J connectivity index is 2.71. The predicted molar refractivity (Wildman–Crippen MR) is 65.1 cm³/mol. The van der Waals surface area contributed by atoms with Crippen LogP contribution in [0, 0.1) is 0 Å². The molecule has 0 bridgehead atoms. The largest absolute Gasteiger partial charge is 0.349 e. The van der Waals surface area contributed by atoms with Crippen molar-refractivity contribution in [2.24, 2.45) is 7.05 Å². The smallest absolute Gasteiger partial charge is 0.0670 e. The van der Waals surface area contributed by atoms with Crippen LogP contribution in [0.5, 0.6) is 0 Å². The van der Waals surface area contributed by atoms with Crippen molar-refractivity contribution in [1.82, 2.24) is 4.57 Å². The molecule has 0 radical (unpaired) electrons. The molecule has 3 heteroatoms. The summed E-state index contributed by atoms with van der Waals surface area (Å²) in [5.74, 6) is 1.04. The molecule has 1 nitrogen and oxygen atoms in total. The average Bonchev–Trinajstić information content (AvgIpc) is 2.46. The maximum Gasteiger partial charge on any atom is 0.0670 e. The lowest BCUT2D eigenvalue weighted by Crippen LogP contribution is -1.83. The molecule has 0 saturated carbocycles. The van der Waals surface area contributed by atoms with E-state index in [-0.39, 0.29) is 0 Å². The quantitative estimate of drug-likeness (QED) is 0.755.